The van der Waals surface area contributed by atoms with Gasteiger partial charge in [0.2, 0.25) is 0 Å². The molecule has 0 N–H and O–H groups in total. The summed E-state index contributed by atoms with van der Waals surface area (Å²) in [6.07, 6.45) is 0. The van der Waals surface area contributed by atoms with Crippen molar-refractivity contribution in [2.75, 3.05) is 0 Å². The van der Waals surface area contributed by atoms with Gasteiger partial charge in [-0.05, 0) is 6.92 Å². The van der Waals surface area contributed by atoms with Gasteiger partial charge in [0.05, 0.1) is 0 Å². The molecule has 1 heterocycles. The summed E-state index contributed by atoms with van der Waals surface area (Å²) in [5.41, 5.74) is 0. The molecule has 0 radical (unpaired) electrons. The third-order valence-corrected chi connectivity index (χ3v) is 0.702. The number of aryl methyl sites for hydroxylation is 1. The molecule has 1 rings (SSSR count). The molecule has 10 heavy (non-hydrogen) atoms. The third-order valence-electron chi connectivity index (χ3n) is 0.702. The smallest absolute Gasteiger partial charge is 0.540 e. The molecule has 0 bridgehead atoms. The monoisotopic (exact) mass is 134 g/mol. The van der Waals surface area contributed by atoms with Crippen molar-refractivity contribution in [1.82, 2.24) is 10.1 Å². The van der Waals surface area contributed by atoms with Gasteiger partial charge >= 0.3 is 18.9 Å². The Bertz CT molecular complexity index is 234. The maximum absolute atomic E-state index is 9.91. The van der Waals surface area contributed by atoms with Crippen LogP contribution in [0.15, 0.2) is 4.52 Å². The van der Waals surface area contributed by atoms with E-state index in [-0.39, 0.29) is 24.7 Å². The molecular weight excluding hydrogens is 131 g/mol. The van der Waals surface area contributed by atoms with Crippen LogP contribution in [-0.4, -0.2) is 16.1 Å². The third kappa shape index (κ3) is 1.86. The molecule has 0 atom stereocenters. The predicted molar refractivity (Wildman–Crippen MR) is 23.4 cm³/mol. The van der Waals surface area contributed by atoms with E-state index in [1.54, 1.807) is 0 Å². The first kappa shape index (κ1) is 9.21. The van der Waals surface area contributed by atoms with Crippen LogP contribution in [0, 0.1) is 6.92 Å². The quantitative estimate of drug-likeness (QED) is 0.363. The number of hydrogen-bond donors (Lipinski definition) is 0. The van der Waals surface area contributed by atoms with Crippen LogP contribution in [0.5, 0.6) is 0 Å². The topological polar surface area (TPSA) is 79.0 Å². The molecule has 0 aliphatic heterocycles. The first-order valence-corrected chi connectivity index (χ1v) is 2.22. The standard InChI is InChI=1S/C4H4N2O3.Li/c1-2-5-3(4(7)8)9-6-2;/h1H3,(H,7,8);/q;+1/p-1. The molecule has 0 saturated heterocycles. The van der Waals surface area contributed by atoms with Crippen LogP contribution in [0.2, 0.25) is 0 Å². The van der Waals surface area contributed by atoms with Gasteiger partial charge in [-0.15, -0.1) is 0 Å². The SMILES string of the molecule is Cc1noc(C(=O)[O-])n1.[Li+]. The Kier molecular flexibility index (Phi) is 3.13. The zero-order chi connectivity index (χ0) is 6.85. The van der Waals surface area contributed by atoms with E-state index in [4.69, 9.17) is 0 Å². The minimum absolute atomic E-state index is 0. The average molecular weight is 134 g/mol. The van der Waals surface area contributed by atoms with Gasteiger partial charge in [0.25, 0.3) is 5.89 Å². The van der Waals surface area contributed by atoms with Gasteiger partial charge in [-0.3, -0.25) is 0 Å². The molecule has 0 aliphatic rings. The molecule has 0 fully saturated rings. The van der Waals surface area contributed by atoms with E-state index >= 15 is 0 Å². The van der Waals surface area contributed by atoms with Crippen LogP contribution < -0.4 is 24.0 Å². The summed E-state index contributed by atoms with van der Waals surface area (Å²) in [5.74, 6) is -1.64. The number of nitrogens with zero attached hydrogens (tertiary/aromatic N) is 2. The maximum atomic E-state index is 9.91. The minimum Gasteiger partial charge on any atom is -0.540 e. The van der Waals surface area contributed by atoms with E-state index in [9.17, 15) is 9.90 Å². The summed E-state index contributed by atoms with van der Waals surface area (Å²) in [5, 5.41) is 13.1. The average Bonchev–Trinajstić information content (AvgIpc) is 2.14. The summed E-state index contributed by atoms with van der Waals surface area (Å²) in [6, 6.07) is 0. The van der Waals surface area contributed by atoms with Crippen molar-refractivity contribution in [3.05, 3.63) is 11.7 Å². The Hall–Kier alpha value is -0.793. The number of carboxylic acid groups (broad SMARTS) is 1. The van der Waals surface area contributed by atoms with E-state index in [0.717, 1.165) is 0 Å². The fraction of sp³-hybridized carbons (Fsp3) is 0.250. The fourth-order valence-corrected chi connectivity index (χ4v) is 0.380. The Balaban J connectivity index is 0.000000810. The molecule has 5 nitrogen and oxygen atoms in total. The normalized spacial score (nSPS) is 8.50. The summed E-state index contributed by atoms with van der Waals surface area (Å²) in [4.78, 5) is 13.3. The van der Waals surface area contributed by atoms with Crippen LogP contribution in [0.3, 0.4) is 0 Å². The number of aromatic carboxylic acids is 1. The van der Waals surface area contributed by atoms with Crippen LogP contribution >= 0.6 is 0 Å². The Morgan fingerprint density at radius 2 is 2.30 bits per heavy atom. The second-order valence-electron chi connectivity index (χ2n) is 1.43. The van der Waals surface area contributed by atoms with Crippen molar-refractivity contribution < 1.29 is 33.3 Å². The Labute approximate surface area is 68.6 Å². The van der Waals surface area contributed by atoms with Crippen molar-refractivity contribution in [2.24, 2.45) is 0 Å². The fourth-order valence-electron chi connectivity index (χ4n) is 0.380. The van der Waals surface area contributed by atoms with Crippen LogP contribution in [0.4, 0.5) is 0 Å². The maximum Gasteiger partial charge on any atom is 1.00 e. The predicted octanol–water partition coefficient (Wildman–Crippen LogP) is -4.25. The number of carbonyl (C=O) groups excluding carboxylic acids is 1. The van der Waals surface area contributed by atoms with Crippen LogP contribution in [-0.2, 0) is 0 Å². The first-order chi connectivity index (χ1) is 4.20. The molecule has 6 heteroatoms. The molecule has 0 spiro atoms. The summed E-state index contributed by atoms with van der Waals surface area (Å²) in [7, 11) is 0. The Morgan fingerprint density at radius 1 is 1.70 bits per heavy atom. The van der Waals surface area contributed by atoms with E-state index in [1.165, 1.54) is 6.92 Å². The number of carbonyl (C=O) groups is 1. The van der Waals surface area contributed by atoms with Crippen LogP contribution in [0.25, 0.3) is 0 Å². The van der Waals surface area contributed by atoms with E-state index in [1.807, 2.05) is 0 Å². The zero-order valence-corrected chi connectivity index (χ0v) is 5.62. The van der Waals surface area contributed by atoms with Crippen LogP contribution in [0.1, 0.15) is 16.5 Å². The minimum atomic E-state index is -1.45. The molecule has 0 aliphatic carbocycles. The van der Waals surface area contributed by atoms with E-state index in [2.05, 4.69) is 14.7 Å². The van der Waals surface area contributed by atoms with Crippen molar-refractivity contribution >= 4 is 5.97 Å². The van der Waals surface area contributed by atoms with E-state index in [0.29, 0.717) is 0 Å². The number of aromatic nitrogens is 2. The van der Waals surface area contributed by atoms with Gasteiger partial charge in [0.1, 0.15) is 5.97 Å². The van der Waals surface area contributed by atoms with Gasteiger partial charge in [0.15, 0.2) is 5.82 Å². The molecule has 0 amide bonds. The molecule has 1 aromatic rings. The van der Waals surface area contributed by atoms with Gasteiger partial charge in [-0.25, -0.2) is 0 Å². The number of rotatable bonds is 1. The van der Waals surface area contributed by atoms with Gasteiger partial charge < -0.3 is 14.4 Å². The van der Waals surface area contributed by atoms with Gasteiger partial charge in [0, 0.05) is 0 Å². The second kappa shape index (κ2) is 3.39. The number of carboxylic acids is 1. The van der Waals surface area contributed by atoms with Gasteiger partial charge in [-0.2, -0.15) is 4.98 Å². The first-order valence-electron chi connectivity index (χ1n) is 2.22. The van der Waals surface area contributed by atoms with Crippen molar-refractivity contribution in [3.8, 4) is 0 Å². The molecule has 0 unspecified atom stereocenters. The largest absolute Gasteiger partial charge is 1.00 e. The van der Waals surface area contributed by atoms with Crippen molar-refractivity contribution in [3.63, 3.8) is 0 Å². The number of hydrogen-bond acceptors (Lipinski definition) is 5. The summed E-state index contributed by atoms with van der Waals surface area (Å²) < 4.78 is 4.20. The molecular formula is C4H3LiN2O3. The van der Waals surface area contributed by atoms with E-state index < -0.39 is 11.9 Å². The van der Waals surface area contributed by atoms with Gasteiger partial charge in [-0.1, -0.05) is 5.16 Å². The zero-order valence-electron chi connectivity index (χ0n) is 5.62. The summed E-state index contributed by atoms with van der Waals surface area (Å²) in [6.45, 7) is 1.52. The van der Waals surface area contributed by atoms with Crippen molar-refractivity contribution in [2.45, 2.75) is 6.92 Å². The molecule has 0 aromatic carbocycles. The summed E-state index contributed by atoms with van der Waals surface area (Å²) >= 11 is 0. The Morgan fingerprint density at radius 3 is 2.50 bits per heavy atom. The second-order valence-corrected chi connectivity index (χ2v) is 1.43. The molecule has 1 aromatic heterocycles. The molecule has 48 valence electrons. The van der Waals surface area contributed by atoms with Crippen molar-refractivity contribution in [1.29, 1.82) is 0 Å². The molecule has 0 saturated carbocycles.